The van der Waals surface area contributed by atoms with Crippen LogP contribution in [0, 0.1) is 11.5 Å². The van der Waals surface area contributed by atoms with Crippen molar-refractivity contribution in [2.24, 2.45) is 0 Å². The molecule has 2 aliphatic rings. The summed E-state index contributed by atoms with van der Waals surface area (Å²) in [5, 5.41) is 0. The van der Waals surface area contributed by atoms with Gasteiger partial charge in [-0.05, 0) is 27.7 Å². The van der Waals surface area contributed by atoms with Gasteiger partial charge in [0.05, 0.1) is 17.0 Å². The molecule has 2 saturated heterocycles. The van der Waals surface area contributed by atoms with E-state index in [9.17, 15) is 8.42 Å². The molecule has 1 aromatic rings. The fraction of sp³-hybridized carbons (Fsp3) is 0.714. The molecular formula is C21H35BN4O4SSi. The number of hydrogen-bond donors (Lipinski definition) is 0. The second kappa shape index (κ2) is 9.06. The van der Waals surface area contributed by atoms with Crippen LogP contribution in [0.25, 0.3) is 0 Å². The van der Waals surface area contributed by atoms with Gasteiger partial charge in [-0.1, -0.05) is 19.6 Å². The third kappa shape index (κ3) is 5.91. The highest BCUT2D eigenvalue weighted by Crippen LogP contribution is 2.36. The van der Waals surface area contributed by atoms with Crippen LogP contribution in [0.4, 0.5) is 5.95 Å². The van der Waals surface area contributed by atoms with Gasteiger partial charge in [0.2, 0.25) is 16.0 Å². The first-order chi connectivity index (χ1) is 14.7. The summed E-state index contributed by atoms with van der Waals surface area (Å²) in [6, 6.07) is 0. The smallest absolute Gasteiger partial charge is 0.399 e. The molecule has 2 fully saturated rings. The lowest BCUT2D eigenvalue weighted by Gasteiger charge is -2.33. The van der Waals surface area contributed by atoms with Gasteiger partial charge in [-0.25, -0.2) is 18.4 Å². The number of rotatable bonds is 5. The van der Waals surface area contributed by atoms with Crippen molar-refractivity contribution in [2.75, 3.05) is 36.8 Å². The van der Waals surface area contributed by atoms with E-state index in [-0.39, 0.29) is 5.75 Å². The number of aromatic nitrogens is 2. The molecule has 0 aliphatic carbocycles. The molecule has 0 N–H and O–H groups in total. The van der Waals surface area contributed by atoms with Crippen LogP contribution in [-0.2, 0) is 19.3 Å². The van der Waals surface area contributed by atoms with E-state index in [0.717, 1.165) is 5.46 Å². The van der Waals surface area contributed by atoms with E-state index in [4.69, 9.17) is 9.31 Å². The van der Waals surface area contributed by atoms with E-state index < -0.39 is 36.4 Å². The summed E-state index contributed by atoms with van der Waals surface area (Å²) in [5.41, 5.74) is 3.16. The summed E-state index contributed by atoms with van der Waals surface area (Å²) < 4.78 is 38.9. The average molecular weight is 479 g/mol. The molecule has 0 amide bonds. The maximum atomic E-state index is 12.6. The van der Waals surface area contributed by atoms with E-state index >= 15 is 0 Å². The second-order valence-electron chi connectivity index (χ2n) is 10.4. The summed E-state index contributed by atoms with van der Waals surface area (Å²) >= 11 is 0. The van der Waals surface area contributed by atoms with Gasteiger partial charge < -0.3 is 14.2 Å². The largest absolute Gasteiger partial charge is 0.498 e. The van der Waals surface area contributed by atoms with Crippen molar-refractivity contribution in [2.45, 2.75) is 65.0 Å². The number of anilines is 1. The van der Waals surface area contributed by atoms with Crippen LogP contribution in [0.3, 0.4) is 0 Å². The molecule has 0 saturated carbocycles. The summed E-state index contributed by atoms with van der Waals surface area (Å²) in [6.45, 7) is 16.4. The lowest BCUT2D eigenvalue weighted by molar-refractivity contribution is 0.00578. The van der Waals surface area contributed by atoms with Crippen LogP contribution in [0.15, 0.2) is 12.4 Å². The molecule has 0 spiro atoms. The summed E-state index contributed by atoms with van der Waals surface area (Å²) in [4.78, 5) is 11.0. The Labute approximate surface area is 194 Å². The highest BCUT2D eigenvalue weighted by Gasteiger charge is 2.52. The Hall–Kier alpha value is -1.45. The van der Waals surface area contributed by atoms with E-state index in [0.29, 0.717) is 38.5 Å². The molecule has 0 bridgehead atoms. The van der Waals surface area contributed by atoms with Gasteiger partial charge in [0.25, 0.3) is 0 Å². The third-order valence-electron chi connectivity index (χ3n) is 6.05. The third-order valence-corrected chi connectivity index (χ3v) is 8.85. The van der Waals surface area contributed by atoms with Gasteiger partial charge in [0, 0.05) is 50.5 Å². The maximum absolute atomic E-state index is 12.6. The molecule has 0 aromatic carbocycles. The Bertz CT molecular complexity index is 960. The van der Waals surface area contributed by atoms with Crippen molar-refractivity contribution in [3.8, 4) is 11.5 Å². The lowest BCUT2D eigenvalue weighted by atomic mass is 9.81. The van der Waals surface area contributed by atoms with Crippen molar-refractivity contribution in [3.63, 3.8) is 0 Å². The zero-order chi connectivity index (χ0) is 23.8. The van der Waals surface area contributed by atoms with Gasteiger partial charge >= 0.3 is 7.12 Å². The standard InChI is InChI=1S/C21H35BN4O4SSi/c1-20(2)21(3,4)30-22(29-20)18-16-23-19(24-17-18)25-10-12-26(13-11-25)31(27,28)14-8-9-15-32(5,6)7/h16-17H,8,10-14H2,1-7H3. The first kappa shape index (κ1) is 25.2. The van der Waals surface area contributed by atoms with Crippen molar-refractivity contribution in [1.82, 2.24) is 14.3 Å². The van der Waals surface area contributed by atoms with Crippen LogP contribution in [-0.4, -0.2) is 81.0 Å². The fourth-order valence-electron chi connectivity index (χ4n) is 3.40. The number of hydrogen-bond acceptors (Lipinski definition) is 7. The Morgan fingerprint density at radius 1 is 1.03 bits per heavy atom. The predicted molar refractivity (Wildman–Crippen MR) is 131 cm³/mol. The van der Waals surface area contributed by atoms with Gasteiger partial charge in [-0.2, -0.15) is 4.31 Å². The van der Waals surface area contributed by atoms with Crippen LogP contribution in [0.5, 0.6) is 0 Å². The number of sulfonamides is 1. The molecule has 0 atom stereocenters. The Morgan fingerprint density at radius 3 is 2.06 bits per heavy atom. The van der Waals surface area contributed by atoms with Crippen molar-refractivity contribution in [3.05, 3.63) is 12.4 Å². The number of piperazine rings is 1. The van der Waals surface area contributed by atoms with Crippen molar-refractivity contribution >= 4 is 36.6 Å². The molecule has 2 aliphatic heterocycles. The second-order valence-corrected chi connectivity index (χ2v) is 17.2. The quantitative estimate of drug-likeness (QED) is 0.468. The summed E-state index contributed by atoms with van der Waals surface area (Å²) in [7, 11) is -5.27. The van der Waals surface area contributed by atoms with Gasteiger partial charge in [0.1, 0.15) is 8.07 Å². The molecule has 3 rings (SSSR count). The fourth-order valence-corrected chi connectivity index (χ4v) is 5.39. The molecule has 176 valence electrons. The van der Waals surface area contributed by atoms with Crippen LogP contribution in [0.1, 0.15) is 34.1 Å². The maximum Gasteiger partial charge on any atom is 0.498 e. The Morgan fingerprint density at radius 2 is 1.56 bits per heavy atom. The SMILES string of the molecule is CC1(C)OB(c2cnc(N3CCN(S(=O)(=O)CCC#C[Si](C)(C)C)CC3)nc2)OC1(C)C. The van der Waals surface area contributed by atoms with Crippen molar-refractivity contribution < 1.29 is 17.7 Å². The number of nitrogens with zero attached hydrogens (tertiary/aromatic N) is 4. The molecular weight excluding hydrogens is 443 g/mol. The normalized spacial score (nSPS) is 21.3. The molecule has 0 unspecified atom stereocenters. The van der Waals surface area contributed by atoms with E-state index in [1.54, 1.807) is 16.7 Å². The average Bonchev–Trinajstić information content (AvgIpc) is 2.92. The predicted octanol–water partition coefficient (Wildman–Crippen LogP) is 1.50. The van der Waals surface area contributed by atoms with E-state index in [1.807, 2.05) is 32.6 Å². The molecule has 1 aromatic heterocycles. The molecule has 11 heteroatoms. The zero-order valence-electron chi connectivity index (χ0n) is 20.3. The first-order valence-electron chi connectivity index (χ1n) is 11.1. The van der Waals surface area contributed by atoms with Crippen LogP contribution >= 0.6 is 0 Å². The lowest BCUT2D eigenvalue weighted by Crippen LogP contribution is -2.50. The minimum atomic E-state index is -3.30. The monoisotopic (exact) mass is 478 g/mol. The van der Waals surface area contributed by atoms with E-state index in [1.165, 1.54) is 0 Å². The Kier molecular flexibility index (Phi) is 7.13. The van der Waals surface area contributed by atoms with Gasteiger partial charge in [-0.15, -0.1) is 11.5 Å². The topological polar surface area (TPSA) is 84.9 Å². The summed E-state index contributed by atoms with van der Waals surface area (Å²) in [5.74, 6) is 3.71. The highest BCUT2D eigenvalue weighted by molar-refractivity contribution is 7.89. The molecule has 32 heavy (non-hydrogen) atoms. The molecule has 8 nitrogen and oxygen atoms in total. The van der Waals surface area contributed by atoms with Crippen molar-refractivity contribution in [1.29, 1.82) is 0 Å². The highest BCUT2D eigenvalue weighted by atomic mass is 32.2. The zero-order valence-corrected chi connectivity index (χ0v) is 22.1. The minimum absolute atomic E-state index is 0.0732. The van der Waals surface area contributed by atoms with Crippen LogP contribution < -0.4 is 10.4 Å². The first-order valence-corrected chi connectivity index (χ1v) is 16.2. The minimum Gasteiger partial charge on any atom is -0.399 e. The van der Waals surface area contributed by atoms with E-state index in [2.05, 4.69) is 41.1 Å². The summed E-state index contributed by atoms with van der Waals surface area (Å²) in [6.07, 6.45) is 3.84. The van der Waals surface area contributed by atoms with Gasteiger partial charge in [-0.3, -0.25) is 0 Å². The van der Waals surface area contributed by atoms with Gasteiger partial charge in [0.15, 0.2) is 0 Å². The Balaban J connectivity index is 1.55. The molecule has 0 radical (unpaired) electrons. The molecule has 3 heterocycles. The van der Waals surface area contributed by atoms with Crippen LogP contribution in [0.2, 0.25) is 19.6 Å².